The van der Waals surface area contributed by atoms with Gasteiger partial charge in [-0.3, -0.25) is 4.79 Å². The molecule has 3 rings (SSSR count). The summed E-state index contributed by atoms with van der Waals surface area (Å²) in [5.74, 6) is -2.24. The Morgan fingerprint density at radius 3 is 2.12 bits per heavy atom. The van der Waals surface area contributed by atoms with Gasteiger partial charge in [0.1, 0.15) is 5.25 Å². The lowest BCUT2D eigenvalue weighted by Gasteiger charge is -2.17. The summed E-state index contributed by atoms with van der Waals surface area (Å²) in [6, 6.07) is 22.2. The van der Waals surface area contributed by atoms with Gasteiger partial charge in [0.05, 0.1) is 0 Å². The molecule has 126 valence electrons. The Morgan fingerprint density at radius 1 is 0.840 bits per heavy atom. The first-order chi connectivity index (χ1) is 12.1. The number of benzene rings is 3. The minimum absolute atomic E-state index is 0.221. The van der Waals surface area contributed by atoms with E-state index in [1.54, 1.807) is 0 Å². The predicted molar refractivity (Wildman–Crippen MR) is 96.5 cm³/mol. The van der Waals surface area contributed by atoms with E-state index in [-0.39, 0.29) is 11.6 Å². The van der Waals surface area contributed by atoms with E-state index in [9.17, 15) is 13.6 Å². The number of hydrogen-bond donors (Lipinski definition) is 1. The van der Waals surface area contributed by atoms with Crippen LogP contribution in [0, 0.1) is 11.6 Å². The quantitative estimate of drug-likeness (QED) is 0.618. The molecule has 25 heavy (non-hydrogen) atoms. The maximum atomic E-state index is 13.4. The van der Waals surface area contributed by atoms with Crippen LogP contribution in [0.25, 0.3) is 0 Å². The van der Waals surface area contributed by atoms with Gasteiger partial charge >= 0.3 is 0 Å². The van der Waals surface area contributed by atoms with Gasteiger partial charge in [-0.25, -0.2) is 8.78 Å². The van der Waals surface area contributed by atoms with Crippen LogP contribution in [0.3, 0.4) is 0 Å². The van der Waals surface area contributed by atoms with Crippen LogP contribution in [0.1, 0.15) is 10.8 Å². The molecule has 3 aromatic rings. The van der Waals surface area contributed by atoms with E-state index in [0.717, 1.165) is 22.6 Å². The number of anilines is 1. The highest BCUT2D eigenvalue weighted by Gasteiger charge is 2.22. The fourth-order valence-electron chi connectivity index (χ4n) is 2.32. The number of rotatable bonds is 5. The van der Waals surface area contributed by atoms with Gasteiger partial charge in [0, 0.05) is 16.6 Å². The first-order valence-corrected chi connectivity index (χ1v) is 8.54. The average Bonchev–Trinajstić information content (AvgIpc) is 2.64. The molecule has 0 radical (unpaired) electrons. The Balaban J connectivity index is 1.85. The summed E-state index contributed by atoms with van der Waals surface area (Å²) >= 11 is 1.40. The molecule has 0 fully saturated rings. The van der Waals surface area contributed by atoms with Crippen LogP contribution in [-0.2, 0) is 4.79 Å². The molecule has 1 amide bonds. The maximum Gasteiger partial charge on any atom is 0.242 e. The molecule has 0 saturated heterocycles. The average molecular weight is 355 g/mol. The van der Waals surface area contributed by atoms with Gasteiger partial charge in [-0.05, 0) is 29.8 Å². The van der Waals surface area contributed by atoms with Crippen molar-refractivity contribution >= 4 is 23.4 Å². The third-order valence-electron chi connectivity index (χ3n) is 3.52. The maximum absolute atomic E-state index is 13.4. The molecule has 0 spiro atoms. The second-order valence-electron chi connectivity index (χ2n) is 5.34. The summed E-state index contributed by atoms with van der Waals surface area (Å²) in [4.78, 5) is 13.7. The van der Waals surface area contributed by atoms with Crippen LogP contribution in [0.5, 0.6) is 0 Å². The molecule has 0 heterocycles. The number of amides is 1. The molecule has 3 aromatic carbocycles. The molecule has 1 atom stereocenters. The highest BCUT2D eigenvalue weighted by molar-refractivity contribution is 8.00. The molecule has 0 aliphatic heterocycles. The number of nitrogens with one attached hydrogen (secondary N) is 1. The Labute approximate surface area is 148 Å². The molecule has 1 N–H and O–H groups in total. The molecule has 2 nitrogen and oxygen atoms in total. The van der Waals surface area contributed by atoms with E-state index < -0.39 is 16.9 Å². The monoisotopic (exact) mass is 355 g/mol. The molecule has 0 aliphatic carbocycles. The van der Waals surface area contributed by atoms with Crippen molar-refractivity contribution in [1.82, 2.24) is 0 Å². The van der Waals surface area contributed by atoms with Crippen molar-refractivity contribution in [2.24, 2.45) is 0 Å². The minimum atomic E-state index is -0.996. The summed E-state index contributed by atoms with van der Waals surface area (Å²) < 4.78 is 26.4. The van der Waals surface area contributed by atoms with Crippen molar-refractivity contribution in [3.8, 4) is 0 Å². The van der Waals surface area contributed by atoms with E-state index in [1.807, 2.05) is 60.7 Å². The first-order valence-electron chi connectivity index (χ1n) is 7.66. The number of halogens is 2. The normalized spacial score (nSPS) is 11.8. The van der Waals surface area contributed by atoms with Gasteiger partial charge in [0.15, 0.2) is 11.6 Å². The third-order valence-corrected chi connectivity index (χ3v) is 4.79. The SMILES string of the molecule is O=C(Nc1ccc(F)c(F)c1)[C@@H](Sc1ccccc1)c1ccccc1. The topological polar surface area (TPSA) is 29.1 Å². The number of thioether (sulfide) groups is 1. The Bertz CT molecular complexity index is 856. The molecular formula is C20H15F2NOS. The smallest absolute Gasteiger partial charge is 0.242 e. The number of carbonyl (C=O) groups excluding carboxylic acids is 1. The van der Waals surface area contributed by atoms with E-state index >= 15 is 0 Å². The Morgan fingerprint density at radius 2 is 1.48 bits per heavy atom. The van der Waals surface area contributed by atoms with Crippen LogP contribution in [0.4, 0.5) is 14.5 Å². The standard InChI is InChI=1S/C20H15F2NOS/c21-17-12-11-15(13-18(17)22)23-20(24)19(14-7-3-1-4-8-14)25-16-9-5-2-6-10-16/h1-13,19H,(H,23,24)/t19-/m0/s1. The summed E-state index contributed by atoms with van der Waals surface area (Å²) in [6.45, 7) is 0. The van der Waals surface area contributed by atoms with E-state index in [1.165, 1.54) is 17.8 Å². The Hall–Kier alpha value is -2.66. The van der Waals surface area contributed by atoms with Crippen molar-refractivity contribution < 1.29 is 13.6 Å². The fraction of sp³-hybridized carbons (Fsp3) is 0.0500. The molecular weight excluding hydrogens is 340 g/mol. The lowest BCUT2D eigenvalue weighted by atomic mass is 10.1. The van der Waals surface area contributed by atoms with Gasteiger partial charge in [-0.2, -0.15) is 0 Å². The number of hydrogen-bond acceptors (Lipinski definition) is 2. The molecule has 0 aromatic heterocycles. The first kappa shape index (κ1) is 17.2. The largest absolute Gasteiger partial charge is 0.325 e. The van der Waals surface area contributed by atoms with Crippen molar-refractivity contribution in [2.75, 3.05) is 5.32 Å². The number of carbonyl (C=O) groups is 1. The van der Waals surface area contributed by atoms with Crippen LogP contribution in [-0.4, -0.2) is 5.91 Å². The summed E-state index contributed by atoms with van der Waals surface area (Å²) in [5, 5.41) is 2.15. The van der Waals surface area contributed by atoms with E-state index in [4.69, 9.17) is 0 Å². The van der Waals surface area contributed by atoms with Gasteiger partial charge < -0.3 is 5.32 Å². The molecule has 0 aliphatic rings. The lowest BCUT2D eigenvalue weighted by molar-refractivity contribution is -0.115. The van der Waals surface area contributed by atoms with Crippen molar-refractivity contribution in [3.05, 3.63) is 96.1 Å². The van der Waals surface area contributed by atoms with Crippen molar-refractivity contribution in [3.63, 3.8) is 0 Å². The molecule has 5 heteroatoms. The van der Waals surface area contributed by atoms with E-state index in [2.05, 4.69) is 5.32 Å². The van der Waals surface area contributed by atoms with Gasteiger partial charge in [0.25, 0.3) is 0 Å². The summed E-state index contributed by atoms with van der Waals surface area (Å²) in [5.41, 5.74) is 1.05. The van der Waals surface area contributed by atoms with E-state index in [0.29, 0.717) is 0 Å². The zero-order valence-corrected chi connectivity index (χ0v) is 14.0. The summed E-state index contributed by atoms with van der Waals surface area (Å²) in [6.07, 6.45) is 0. The third kappa shape index (κ3) is 4.45. The second-order valence-corrected chi connectivity index (χ2v) is 6.52. The molecule has 0 unspecified atom stereocenters. The predicted octanol–water partition coefficient (Wildman–Crippen LogP) is 5.44. The van der Waals surface area contributed by atoms with Gasteiger partial charge in [-0.15, -0.1) is 11.8 Å². The summed E-state index contributed by atoms with van der Waals surface area (Å²) in [7, 11) is 0. The zero-order chi connectivity index (χ0) is 17.6. The zero-order valence-electron chi connectivity index (χ0n) is 13.2. The van der Waals surface area contributed by atoms with Crippen LogP contribution in [0.2, 0.25) is 0 Å². The van der Waals surface area contributed by atoms with Crippen molar-refractivity contribution in [2.45, 2.75) is 10.1 Å². The lowest BCUT2D eigenvalue weighted by Crippen LogP contribution is -2.19. The van der Waals surface area contributed by atoms with Crippen LogP contribution >= 0.6 is 11.8 Å². The Kier molecular flexibility index (Phi) is 5.46. The molecule has 0 saturated carbocycles. The molecule has 0 bridgehead atoms. The minimum Gasteiger partial charge on any atom is -0.325 e. The highest BCUT2D eigenvalue weighted by Crippen LogP contribution is 2.36. The van der Waals surface area contributed by atoms with Crippen LogP contribution in [0.15, 0.2) is 83.8 Å². The second kappa shape index (κ2) is 7.94. The fourth-order valence-corrected chi connectivity index (χ4v) is 3.36. The van der Waals surface area contributed by atoms with Gasteiger partial charge in [0.2, 0.25) is 5.91 Å². The van der Waals surface area contributed by atoms with Crippen LogP contribution < -0.4 is 5.32 Å². The van der Waals surface area contributed by atoms with Gasteiger partial charge in [-0.1, -0.05) is 48.5 Å². The highest BCUT2D eigenvalue weighted by atomic mass is 32.2. The van der Waals surface area contributed by atoms with Crippen molar-refractivity contribution in [1.29, 1.82) is 0 Å².